The zero-order chi connectivity index (χ0) is 13.7. The monoisotopic (exact) mass is 257 g/mol. The van der Waals surface area contributed by atoms with Crippen molar-refractivity contribution < 1.29 is 10.2 Å². The Hall–Kier alpha value is -1.84. The van der Waals surface area contributed by atoms with E-state index in [-0.39, 0.29) is 12.4 Å². The molecule has 0 saturated carbocycles. The summed E-state index contributed by atoms with van der Waals surface area (Å²) in [5.74, 6) is 0.229. The van der Waals surface area contributed by atoms with Crippen LogP contribution in [0.4, 0.5) is 0 Å². The first-order valence-corrected chi connectivity index (χ1v) is 6.33. The first-order valence-electron chi connectivity index (χ1n) is 6.33. The average molecular weight is 257 g/mol. The van der Waals surface area contributed by atoms with Gasteiger partial charge in [0.05, 0.1) is 12.1 Å². The minimum absolute atomic E-state index is 0.00932. The molecular formula is C16H19NO2. The van der Waals surface area contributed by atoms with Gasteiger partial charge >= 0.3 is 0 Å². The van der Waals surface area contributed by atoms with Crippen molar-refractivity contribution in [3.63, 3.8) is 0 Å². The van der Waals surface area contributed by atoms with Gasteiger partial charge in [-0.15, -0.1) is 0 Å². The largest absolute Gasteiger partial charge is 0.508 e. The van der Waals surface area contributed by atoms with Gasteiger partial charge in [-0.3, -0.25) is 0 Å². The van der Waals surface area contributed by atoms with Gasteiger partial charge in [-0.25, -0.2) is 0 Å². The van der Waals surface area contributed by atoms with E-state index in [0.29, 0.717) is 6.54 Å². The van der Waals surface area contributed by atoms with Crippen LogP contribution in [0, 0.1) is 0 Å². The molecule has 2 aromatic carbocycles. The van der Waals surface area contributed by atoms with Crippen molar-refractivity contribution in [1.82, 2.24) is 5.32 Å². The predicted molar refractivity (Wildman–Crippen MR) is 75.8 cm³/mol. The zero-order valence-corrected chi connectivity index (χ0v) is 11.0. The molecule has 1 atom stereocenters. The lowest BCUT2D eigenvalue weighted by Crippen LogP contribution is -2.42. The van der Waals surface area contributed by atoms with Crippen molar-refractivity contribution in [3.8, 4) is 5.75 Å². The Kier molecular flexibility index (Phi) is 4.20. The molecule has 100 valence electrons. The number of benzene rings is 2. The lowest BCUT2D eigenvalue weighted by atomic mass is 9.92. The molecule has 2 aromatic rings. The average Bonchev–Trinajstić information content (AvgIpc) is 2.46. The van der Waals surface area contributed by atoms with Gasteiger partial charge < -0.3 is 15.5 Å². The van der Waals surface area contributed by atoms with E-state index in [4.69, 9.17) is 0 Å². The van der Waals surface area contributed by atoms with Gasteiger partial charge in [0.15, 0.2) is 0 Å². The summed E-state index contributed by atoms with van der Waals surface area (Å²) in [6, 6.07) is 17.0. The smallest absolute Gasteiger partial charge is 0.115 e. The van der Waals surface area contributed by atoms with Crippen LogP contribution >= 0.6 is 0 Å². The second-order valence-corrected chi connectivity index (χ2v) is 4.88. The molecule has 3 N–H and O–H groups in total. The van der Waals surface area contributed by atoms with Crippen molar-refractivity contribution in [3.05, 3.63) is 65.7 Å². The maximum absolute atomic E-state index is 9.66. The third-order valence-corrected chi connectivity index (χ3v) is 3.35. The fraction of sp³-hybridized carbons (Fsp3) is 0.250. The lowest BCUT2D eigenvalue weighted by Gasteiger charge is -2.29. The Bertz CT molecular complexity index is 510. The van der Waals surface area contributed by atoms with E-state index in [9.17, 15) is 10.2 Å². The van der Waals surface area contributed by atoms with Gasteiger partial charge in [-0.2, -0.15) is 0 Å². The van der Waals surface area contributed by atoms with E-state index in [2.05, 4.69) is 5.32 Å². The highest BCUT2D eigenvalue weighted by Gasteiger charge is 2.24. The molecule has 0 aliphatic heterocycles. The Morgan fingerprint density at radius 1 is 1.00 bits per heavy atom. The van der Waals surface area contributed by atoms with E-state index in [1.54, 1.807) is 12.1 Å². The standard InChI is InChI=1S/C16H19NO2/c1-16(12-18,14-7-9-15(19)10-8-14)17-11-13-5-3-2-4-6-13/h2-10,17-19H,11-12H2,1H3. The van der Waals surface area contributed by atoms with Gasteiger partial charge in [-0.05, 0) is 30.2 Å². The van der Waals surface area contributed by atoms with E-state index < -0.39 is 5.54 Å². The van der Waals surface area contributed by atoms with Gasteiger partial charge in [0.2, 0.25) is 0 Å². The highest BCUT2D eigenvalue weighted by molar-refractivity contribution is 5.31. The molecule has 2 rings (SSSR count). The highest BCUT2D eigenvalue weighted by Crippen LogP contribution is 2.23. The summed E-state index contributed by atoms with van der Waals surface area (Å²) < 4.78 is 0. The first kappa shape index (κ1) is 13.6. The molecule has 0 saturated heterocycles. The highest BCUT2D eigenvalue weighted by atomic mass is 16.3. The fourth-order valence-corrected chi connectivity index (χ4v) is 1.97. The molecular weight excluding hydrogens is 238 g/mol. The Labute approximate surface area is 113 Å². The number of aliphatic hydroxyl groups is 1. The van der Waals surface area contributed by atoms with E-state index in [0.717, 1.165) is 5.56 Å². The molecule has 0 radical (unpaired) electrons. The van der Waals surface area contributed by atoms with Gasteiger partial charge in [0, 0.05) is 6.54 Å². The summed E-state index contributed by atoms with van der Waals surface area (Å²) in [5, 5.41) is 22.3. The van der Waals surface area contributed by atoms with Crippen molar-refractivity contribution >= 4 is 0 Å². The van der Waals surface area contributed by atoms with E-state index in [1.807, 2.05) is 49.4 Å². The quantitative estimate of drug-likeness (QED) is 0.771. The zero-order valence-electron chi connectivity index (χ0n) is 11.0. The van der Waals surface area contributed by atoms with Crippen LogP contribution in [0.3, 0.4) is 0 Å². The summed E-state index contributed by atoms with van der Waals surface area (Å²) in [7, 11) is 0. The van der Waals surface area contributed by atoms with Crippen LogP contribution in [0.2, 0.25) is 0 Å². The normalized spacial score (nSPS) is 14.0. The minimum atomic E-state index is -0.524. The molecule has 0 aromatic heterocycles. The van der Waals surface area contributed by atoms with Crippen LogP contribution in [-0.2, 0) is 12.1 Å². The van der Waals surface area contributed by atoms with Crippen LogP contribution in [0.15, 0.2) is 54.6 Å². The molecule has 0 heterocycles. The molecule has 3 heteroatoms. The number of phenolic OH excluding ortho intramolecular Hbond substituents is 1. The molecule has 0 aliphatic rings. The topological polar surface area (TPSA) is 52.5 Å². The van der Waals surface area contributed by atoms with Gasteiger partial charge in [0.1, 0.15) is 5.75 Å². The number of aromatic hydroxyl groups is 1. The van der Waals surface area contributed by atoms with E-state index >= 15 is 0 Å². The van der Waals surface area contributed by atoms with Crippen LogP contribution < -0.4 is 5.32 Å². The van der Waals surface area contributed by atoms with E-state index in [1.165, 1.54) is 5.56 Å². The second kappa shape index (κ2) is 5.87. The third kappa shape index (κ3) is 3.34. The molecule has 1 unspecified atom stereocenters. The van der Waals surface area contributed by atoms with Crippen molar-refractivity contribution in [2.24, 2.45) is 0 Å². The molecule has 0 fully saturated rings. The predicted octanol–water partition coefficient (Wildman–Crippen LogP) is 2.39. The molecule has 0 spiro atoms. The SMILES string of the molecule is CC(CO)(NCc1ccccc1)c1ccc(O)cc1. The Morgan fingerprint density at radius 2 is 1.63 bits per heavy atom. The van der Waals surface area contributed by atoms with Crippen LogP contribution in [0.25, 0.3) is 0 Å². The Morgan fingerprint density at radius 3 is 2.21 bits per heavy atom. The maximum atomic E-state index is 9.66. The van der Waals surface area contributed by atoms with Crippen molar-refractivity contribution in [2.75, 3.05) is 6.61 Å². The number of rotatable bonds is 5. The summed E-state index contributed by atoms with van der Waals surface area (Å²) in [5.41, 5.74) is 1.59. The van der Waals surface area contributed by atoms with Crippen molar-refractivity contribution in [2.45, 2.75) is 19.0 Å². The number of phenols is 1. The molecule has 0 amide bonds. The summed E-state index contributed by atoms with van der Waals surface area (Å²) in [4.78, 5) is 0. The Balaban J connectivity index is 2.12. The van der Waals surface area contributed by atoms with Crippen LogP contribution in [0.1, 0.15) is 18.1 Å². The lowest BCUT2D eigenvalue weighted by molar-refractivity contribution is 0.173. The third-order valence-electron chi connectivity index (χ3n) is 3.35. The molecule has 3 nitrogen and oxygen atoms in total. The molecule has 19 heavy (non-hydrogen) atoms. The van der Waals surface area contributed by atoms with Gasteiger partial charge in [-0.1, -0.05) is 42.5 Å². The number of hydrogen-bond acceptors (Lipinski definition) is 3. The summed E-state index contributed by atoms with van der Waals surface area (Å²) in [6.45, 7) is 2.62. The number of aliphatic hydroxyl groups excluding tert-OH is 1. The minimum Gasteiger partial charge on any atom is -0.508 e. The molecule has 0 bridgehead atoms. The van der Waals surface area contributed by atoms with Crippen molar-refractivity contribution in [1.29, 1.82) is 0 Å². The second-order valence-electron chi connectivity index (χ2n) is 4.88. The number of nitrogens with one attached hydrogen (secondary N) is 1. The molecule has 0 aliphatic carbocycles. The maximum Gasteiger partial charge on any atom is 0.115 e. The summed E-state index contributed by atoms with van der Waals surface area (Å²) >= 11 is 0. The van der Waals surface area contributed by atoms with Crippen LogP contribution in [-0.4, -0.2) is 16.8 Å². The fourth-order valence-electron chi connectivity index (χ4n) is 1.97. The van der Waals surface area contributed by atoms with Crippen LogP contribution in [0.5, 0.6) is 5.75 Å². The van der Waals surface area contributed by atoms with Gasteiger partial charge in [0.25, 0.3) is 0 Å². The first-order chi connectivity index (χ1) is 9.14. The summed E-state index contributed by atoms with van der Waals surface area (Å²) in [6.07, 6.45) is 0. The number of hydrogen-bond donors (Lipinski definition) is 3.